The number of aromatic nitrogens is 2. The molecule has 0 aliphatic heterocycles. The van der Waals surface area contributed by atoms with Crippen molar-refractivity contribution in [3.05, 3.63) is 65.9 Å². The van der Waals surface area contributed by atoms with E-state index in [4.69, 9.17) is 0 Å². The van der Waals surface area contributed by atoms with E-state index < -0.39 is 21.9 Å². The topological polar surface area (TPSA) is 76.0 Å². The summed E-state index contributed by atoms with van der Waals surface area (Å²) in [7, 11) is -2.01. The second-order valence-corrected chi connectivity index (χ2v) is 8.45. The minimum absolute atomic E-state index is 0.0161. The van der Waals surface area contributed by atoms with Crippen LogP contribution >= 0.6 is 0 Å². The van der Waals surface area contributed by atoms with Gasteiger partial charge in [0.1, 0.15) is 0 Å². The van der Waals surface area contributed by atoms with Gasteiger partial charge in [-0.05, 0) is 44.3 Å². The van der Waals surface area contributed by atoms with Gasteiger partial charge in [0.05, 0.1) is 16.3 Å². The number of benzene rings is 2. The van der Waals surface area contributed by atoms with Crippen molar-refractivity contribution in [3.63, 3.8) is 0 Å². The fourth-order valence-electron chi connectivity index (χ4n) is 2.81. The van der Waals surface area contributed by atoms with Crippen LogP contribution in [0, 0.1) is 6.92 Å². The quantitative estimate of drug-likeness (QED) is 0.555. The zero-order valence-corrected chi connectivity index (χ0v) is 17.2. The van der Waals surface area contributed by atoms with Crippen LogP contribution in [0.1, 0.15) is 11.3 Å². The van der Waals surface area contributed by atoms with Gasteiger partial charge in [0.15, 0.2) is 5.69 Å². The fraction of sp³-hybridized carbons (Fsp3) is 0.250. The Hall–Kier alpha value is -2.69. The van der Waals surface area contributed by atoms with Crippen LogP contribution in [0.25, 0.3) is 16.9 Å². The fourth-order valence-corrected chi connectivity index (χ4v) is 3.84. The number of sulfonamides is 1. The van der Waals surface area contributed by atoms with Gasteiger partial charge >= 0.3 is 6.18 Å². The van der Waals surface area contributed by atoms with E-state index in [1.54, 1.807) is 31.3 Å². The molecular weight excluding hydrogens is 417 g/mol. The van der Waals surface area contributed by atoms with Crippen LogP contribution < -0.4 is 10.0 Å². The van der Waals surface area contributed by atoms with Gasteiger partial charge in [-0.25, -0.2) is 17.8 Å². The van der Waals surface area contributed by atoms with Gasteiger partial charge in [-0.1, -0.05) is 29.8 Å². The molecule has 0 unspecified atom stereocenters. The Bertz CT molecular complexity index is 1110. The van der Waals surface area contributed by atoms with Crippen LogP contribution in [0.2, 0.25) is 0 Å². The lowest BCUT2D eigenvalue weighted by atomic mass is 10.1. The molecule has 0 radical (unpaired) electrons. The average Bonchev–Trinajstić information content (AvgIpc) is 3.15. The van der Waals surface area contributed by atoms with Gasteiger partial charge in [0.25, 0.3) is 0 Å². The van der Waals surface area contributed by atoms with Crippen molar-refractivity contribution in [2.24, 2.45) is 0 Å². The van der Waals surface area contributed by atoms with Crippen LogP contribution in [0.15, 0.2) is 59.5 Å². The van der Waals surface area contributed by atoms with Gasteiger partial charge < -0.3 is 5.32 Å². The second-order valence-electron chi connectivity index (χ2n) is 6.69. The maximum absolute atomic E-state index is 13.3. The molecule has 10 heteroatoms. The van der Waals surface area contributed by atoms with Crippen LogP contribution in [-0.2, 0) is 16.2 Å². The summed E-state index contributed by atoms with van der Waals surface area (Å²) in [6, 6.07) is 13.5. The molecule has 0 spiro atoms. The first-order valence-electron chi connectivity index (χ1n) is 9.11. The highest BCUT2D eigenvalue weighted by Gasteiger charge is 2.35. The average molecular weight is 438 g/mol. The number of hydrogen-bond acceptors (Lipinski definition) is 4. The third-order valence-electron chi connectivity index (χ3n) is 4.41. The number of aryl methyl sites for hydroxylation is 1. The van der Waals surface area contributed by atoms with E-state index in [0.717, 1.165) is 11.6 Å². The molecule has 0 saturated heterocycles. The smallest absolute Gasteiger partial charge is 0.318 e. The number of halogens is 3. The second kappa shape index (κ2) is 8.58. The third-order valence-corrected chi connectivity index (χ3v) is 5.88. The highest BCUT2D eigenvalue weighted by atomic mass is 32.2. The SMILES string of the molecule is CNCCNS(=O)(=O)c1ccc(-n2nc(C(F)(F)F)cc2-c2ccc(C)cc2)cc1. The number of likely N-dealkylation sites (N-methyl/N-ethyl adjacent to an activating group) is 1. The Kier molecular flexibility index (Phi) is 6.30. The summed E-state index contributed by atoms with van der Waals surface area (Å²) in [6.07, 6.45) is -4.61. The van der Waals surface area contributed by atoms with Crippen molar-refractivity contribution >= 4 is 10.0 Å². The monoisotopic (exact) mass is 438 g/mol. The Labute approximate surface area is 172 Å². The lowest BCUT2D eigenvalue weighted by Crippen LogP contribution is -2.30. The first-order chi connectivity index (χ1) is 14.1. The molecule has 0 fully saturated rings. The lowest BCUT2D eigenvalue weighted by Gasteiger charge is -2.10. The number of hydrogen-bond donors (Lipinski definition) is 2. The summed E-state index contributed by atoms with van der Waals surface area (Å²) in [6.45, 7) is 2.56. The van der Waals surface area contributed by atoms with Crippen LogP contribution in [0.5, 0.6) is 0 Å². The Morgan fingerprint density at radius 1 is 1.00 bits per heavy atom. The minimum atomic E-state index is -4.61. The summed E-state index contributed by atoms with van der Waals surface area (Å²) in [5.41, 5.74) is 1.08. The van der Waals surface area contributed by atoms with Gasteiger partial charge in [-0.15, -0.1) is 0 Å². The maximum Gasteiger partial charge on any atom is 0.435 e. The Morgan fingerprint density at radius 2 is 1.63 bits per heavy atom. The molecule has 160 valence electrons. The molecule has 1 heterocycles. The molecular formula is C20H21F3N4O2S. The first-order valence-corrected chi connectivity index (χ1v) is 10.6. The molecule has 0 atom stereocenters. The van der Waals surface area contributed by atoms with Crippen molar-refractivity contribution in [1.29, 1.82) is 0 Å². The molecule has 0 saturated carbocycles. The van der Waals surface area contributed by atoms with E-state index in [2.05, 4.69) is 15.1 Å². The summed E-state index contributed by atoms with van der Waals surface area (Å²) in [5.74, 6) is 0. The molecule has 0 bridgehead atoms. The van der Waals surface area contributed by atoms with Crippen molar-refractivity contribution in [3.8, 4) is 16.9 Å². The van der Waals surface area contributed by atoms with Gasteiger partial charge in [-0.2, -0.15) is 18.3 Å². The number of alkyl halides is 3. The van der Waals surface area contributed by atoms with Crippen LogP contribution in [-0.4, -0.2) is 38.3 Å². The molecule has 0 amide bonds. The van der Waals surface area contributed by atoms with Crippen molar-refractivity contribution in [1.82, 2.24) is 19.8 Å². The Balaban J connectivity index is 2.00. The zero-order chi connectivity index (χ0) is 21.9. The summed E-state index contributed by atoms with van der Waals surface area (Å²) >= 11 is 0. The summed E-state index contributed by atoms with van der Waals surface area (Å²) < 4.78 is 68.0. The van der Waals surface area contributed by atoms with E-state index >= 15 is 0 Å². The number of nitrogens with zero attached hydrogens (tertiary/aromatic N) is 2. The third kappa shape index (κ3) is 4.89. The van der Waals surface area contributed by atoms with Crippen LogP contribution in [0.4, 0.5) is 13.2 Å². The lowest BCUT2D eigenvalue weighted by molar-refractivity contribution is -0.141. The van der Waals surface area contributed by atoms with Crippen molar-refractivity contribution in [2.45, 2.75) is 18.0 Å². The normalized spacial score (nSPS) is 12.3. The standard InChI is InChI=1S/C20H21F3N4O2S/c1-14-3-5-15(6-4-14)18-13-19(20(21,22)23)26-27(18)16-7-9-17(10-8-16)30(28,29)25-12-11-24-2/h3-10,13,24-25H,11-12H2,1-2H3. The number of nitrogens with one attached hydrogen (secondary N) is 2. The predicted octanol–water partition coefficient (Wildman–Crippen LogP) is 3.36. The predicted molar refractivity (Wildman–Crippen MR) is 108 cm³/mol. The van der Waals surface area contributed by atoms with Gasteiger partial charge in [0.2, 0.25) is 10.0 Å². The van der Waals surface area contributed by atoms with E-state index in [1.807, 2.05) is 6.92 Å². The van der Waals surface area contributed by atoms with Crippen molar-refractivity contribution < 1.29 is 21.6 Å². The highest BCUT2D eigenvalue weighted by molar-refractivity contribution is 7.89. The molecule has 0 aliphatic rings. The molecule has 6 nitrogen and oxygen atoms in total. The van der Waals surface area contributed by atoms with E-state index in [0.29, 0.717) is 17.8 Å². The molecule has 3 rings (SSSR count). The Morgan fingerprint density at radius 3 is 2.20 bits per heavy atom. The molecule has 30 heavy (non-hydrogen) atoms. The van der Waals surface area contributed by atoms with Gasteiger partial charge in [0, 0.05) is 18.7 Å². The molecule has 0 aliphatic carbocycles. The largest absolute Gasteiger partial charge is 0.435 e. The summed E-state index contributed by atoms with van der Waals surface area (Å²) in [5, 5.41) is 6.55. The minimum Gasteiger partial charge on any atom is -0.318 e. The van der Waals surface area contributed by atoms with Gasteiger partial charge in [-0.3, -0.25) is 0 Å². The maximum atomic E-state index is 13.3. The molecule has 3 aromatic rings. The van der Waals surface area contributed by atoms with Crippen molar-refractivity contribution in [2.75, 3.05) is 20.1 Å². The van der Waals surface area contributed by atoms with E-state index in [-0.39, 0.29) is 17.1 Å². The number of rotatable bonds is 7. The van der Waals surface area contributed by atoms with E-state index in [1.165, 1.54) is 28.9 Å². The first kappa shape index (κ1) is 22.0. The van der Waals surface area contributed by atoms with Crippen LogP contribution in [0.3, 0.4) is 0 Å². The molecule has 1 aromatic heterocycles. The molecule has 2 aromatic carbocycles. The highest BCUT2D eigenvalue weighted by Crippen LogP contribution is 2.33. The molecule has 2 N–H and O–H groups in total. The van der Waals surface area contributed by atoms with E-state index in [9.17, 15) is 21.6 Å². The zero-order valence-electron chi connectivity index (χ0n) is 16.4. The summed E-state index contributed by atoms with van der Waals surface area (Å²) in [4.78, 5) is 0.0161.